The molecule has 0 heterocycles. The second kappa shape index (κ2) is 9.22. The van der Waals surface area contributed by atoms with Crippen LogP contribution in [0.2, 0.25) is 0 Å². The Kier molecular flexibility index (Phi) is 5.82. The second-order valence-electron chi connectivity index (χ2n) is 8.42. The molecule has 0 atom stereocenters. The standard InChI is InChI=1S/C31H26N2/c1-22-13-15-24(16-14-22)26-17-18-28-27(19-26)20-29(30(32-2)25-11-7-4-8-12-25)31(28)33-21-23-9-5-3-6-10-23/h3-19H,2,20-21H2,1H3/b30-29-,33-31?. The molecule has 2 nitrogen and oxygen atoms in total. The maximum atomic E-state index is 5.10. The highest BCUT2D eigenvalue weighted by molar-refractivity contribution is 6.20. The number of aryl methyl sites for hydroxylation is 1. The van der Waals surface area contributed by atoms with Crippen molar-refractivity contribution < 1.29 is 0 Å². The molecule has 33 heavy (non-hydrogen) atoms. The first kappa shape index (κ1) is 20.8. The van der Waals surface area contributed by atoms with Crippen molar-refractivity contribution in [2.45, 2.75) is 19.9 Å². The summed E-state index contributed by atoms with van der Waals surface area (Å²) in [4.78, 5) is 9.56. The summed E-state index contributed by atoms with van der Waals surface area (Å²) in [5.41, 5.74) is 11.5. The molecule has 1 aliphatic carbocycles. The predicted molar refractivity (Wildman–Crippen MR) is 140 cm³/mol. The topological polar surface area (TPSA) is 24.7 Å². The molecule has 0 aliphatic heterocycles. The average molecular weight is 427 g/mol. The normalized spacial score (nSPS) is 15.4. The molecule has 0 saturated carbocycles. The molecular formula is C31H26N2. The molecule has 2 heteroatoms. The Morgan fingerprint density at radius 1 is 0.788 bits per heavy atom. The van der Waals surface area contributed by atoms with E-state index in [-0.39, 0.29) is 0 Å². The van der Waals surface area contributed by atoms with Gasteiger partial charge >= 0.3 is 0 Å². The van der Waals surface area contributed by atoms with Crippen molar-refractivity contribution in [3.63, 3.8) is 0 Å². The van der Waals surface area contributed by atoms with E-state index < -0.39 is 0 Å². The Bertz CT molecular complexity index is 1350. The molecule has 4 aromatic carbocycles. The fourth-order valence-corrected chi connectivity index (χ4v) is 4.42. The molecule has 4 aromatic rings. The molecular weight excluding hydrogens is 400 g/mol. The van der Waals surface area contributed by atoms with Crippen LogP contribution in [0.25, 0.3) is 16.8 Å². The van der Waals surface area contributed by atoms with Gasteiger partial charge in [-0.05, 0) is 35.9 Å². The van der Waals surface area contributed by atoms with Gasteiger partial charge in [-0.25, -0.2) is 0 Å². The van der Waals surface area contributed by atoms with E-state index in [1.165, 1.54) is 33.4 Å². The van der Waals surface area contributed by atoms with Gasteiger partial charge in [0.1, 0.15) is 0 Å². The number of aliphatic imine (C=N–C) groups is 2. The first-order valence-electron chi connectivity index (χ1n) is 11.3. The summed E-state index contributed by atoms with van der Waals surface area (Å²) >= 11 is 0. The van der Waals surface area contributed by atoms with Crippen molar-refractivity contribution in [3.05, 3.63) is 137 Å². The zero-order valence-electron chi connectivity index (χ0n) is 18.8. The van der Waals surface area contributed by atoms with Crippen LogP contribution in [0.5, 0.6) is 0 Å². The Labute approximate surface area is 195 Å². The smallest absolute Gasteiger partial charge is 0.0751 e. The van der Waals surface area contributed by atoms with Gasteiger partial charge in [-0.15, -0.1) is 0 Å². The van der Waals surface area contributed by atoms with Gasteiger partial charge in [0.25, 0.3) is 0 Å². The van der Waals surface area contributed by atoms with Crippen molar-refractivity contribution in [3.8, 4) is 11.1 Å². The van der Waals surface area contributed by atoms with Crippen molar-refractivity contribution in [1.82, 2.24) is 0 Å². The highest BCUT2D eigenvalue weighted by Crippen LogP contribution is 2.36. The van der Waals surface area contributed by atoms with Gasteiger partial charge in [0, 0.05) is 23.1 Å². The first-order valence-corrected chi connectivity index (χ1v) is 11.3. The Hall–Kier alpha value is -4.04. The molecule has 0 N–H and O–H groups in total. The molecule has 0 bridgehead atoms. The van der Waals surface area contributed by atoms with E-state index in [9.17, 15) is 0 Å². The largest absolute Gasteiger partial charge is 0.280 e. The summed E-state index contributed by atoms with van der Waals surface area (Å²) in [6.07, 6.45) is 0.798. The van der Waals surface area contributed by atoms with E-state index in [1.54, 1.807) is 0 Å². The van der Waals surface area contributed by atoms with Crippen LogP contribution < -0.4 is 0 Å². The number of hydrogen-bond acceptors (Lipinski definition) is 2. The SMILES string of the molecule is C=N/C(=C1/Cc2cc(-c3ccc(C)cc3)ccc2C1=NCc1ccccc1)c1ccccc1. The van der Waals surface area contributed by atoms with Gasteiger partial charge in [0.2, 0.25) is 0 Å². The van der Waals surface area contributed by atoms with Crippen LogP contribution in [0, 0.1) is 6.92 Å². The number of rotatable bonds is 5. The van der Waals surface area contributed by atoms with Gasteiger partial charge in [-0.3, -0.25) is 9.98 Å². The fraction of sp³-hybridized carbons (Fsp3) is 0.0968. The minimum atomic E-state index is 0.637. The third-order valence-electron chi connectivity index (χ3n) is 6.15. The lowest BCUT2D eigenvalue weighted by Crippen LogP contribution is -2.03. The molecule has 0 fully saturated rings. The van der Waals surface area contributed by atoms with E-state index in [0.29, 0.717) is 6.54 Å². The van der Waals surface area contributed by atoms with Crippen molar-refractivity contribution in [2.75, 3.05) is 0 Å². The van der Waals surface area contributed by atoms with Crippen LogP contribution >= 0.6 is 0 Å². The van der Waals surface area contributed by atoms with Crippen LogP contribution in [-0.2, 0) is 13.0 Å². The summed E-state index contributed by atoms with van der Waals surface area (Å²) in [6.45, 7) is 6.66. The maximum absolute atomic E-state index is 5.10. The molecule has 0 unspecified atom stereocenters. The van der Waals surface area contributed by atoms with Crippen LogP contribution in [-0.4, -0.2) is 12.4 Å². The Balaban J connectivity index is 1.62. The zero-order chi connectivity index (χ0) is 22.6. The van der Waals surface area contributed by atoms with Crippen molar-refractivity contribution >= 4 is 18.1 Å². The van der Waals surface area contributed by atoms with Crippen molar-refractivity contribution in [2.24, 2.45) is 9.98 Å². The molecule has 160 valence electrons. The van der Waals surface area contributed by atoms with Crippen molar-refractivity contribution in [1.29, 1.82) is 0 Å². The summed E-state index contributed by atoms with van der Waals surface area (Å²) in [5, 5.41) is 0. The van der Waals surface area contributed by atoms with E-state index in [1.807, 2.05) is 24.3 Å². The second-order valence-corrected chi connectivity index (χ2v) is 8.42. The first-order chi connectivity index (χ1) is 16.2. The third-order valence-corrected chi connectivity index (χ3v) is 6.15. The highest BCUT2D eigenvalue weighted by atomic mass is 14.8. The van der Waals surface area contributed by atoms with Crippen LogP contribution in [0.3, 0.4) is 0 Å². The summed E-state index contributed by atoms with van der Waals surface area (Å²) in [6, 6.07) is 36.1. The lowest BCUT2D eigenvalue weighted by Gasteiger charge is -2.09. The number of benzene rings is 4. The molecule has 0 saturated heterocycles. The number of allylic oxidation sites excluding steroid dienone is 1. The zero-order valence-corrected chi connectivity index (χ0v) is 18.8. The van der Waals surface area contributed by atoms with Gasteiger partial charge in [0.15, 0.2) is 0 Å². The summed E-state index contributed by atoms with van der Waals surface area (Å²) in [5.74, 6) is 0. The highest BCUT2D eigenvalue weighted by Gasteiger charge is 2.26. The monoisotopic (exact) mass is 426 g/mol. The van der Waals surface area contributed by atoms with Gasteiger partial charge in [-0.2, -0.15) is 0 Å². The molecule has 0 aromatic heterocycles. The Morgan fingerprint density at radius 2 is 1.45 bits per heavy atom. The minimum Gasteiger partial charge on any atom is -0.280 e. The molecule has 5 rings (SSSR count). The summed E-state index contributed by atoms with van der Waals surface area (Å²) < 4.78 is 0. The maximum Gasteiger partial charge on any atom is 0.0751 e. The van der Waals surface area contributed by atoms with Gasteiger partial charge < -0.3 is 0 Å². The van der Waals surface area contributed by atoms with E-state index >= 15 is 0 Å². The van der Waals surface area contributed by atoms with E-state index in [0.717, 1.165) is 29.0 Å². The van der Waals surface area contributed by atoms with Crippen LogP contribution in [0.15, 0.2) is 119 Å². The lowest BCUT2D eigenvalue weighted by atomic mass is 9.99. The van der Waals surface area contributed by atoms with Gasteiger partial charge in [-0.1, -0.05) is 109 Å². The number of fused-ring (bicyclic) bond motifs is 1. The molecule has 0 spiro atoms. The molecule has 1 aliphatic rings. The van der Waals surface area contributed by atoms with E-state index in [2.05, 4.69) is 97.5 Å². The average Bonchev–Trinajstić information content (AvgIpc) is 3.22. The minimum absolute atomic E-state index is 0.637. The molecule has 0 amide bonds. The third kappa shape index (κ3) is 4.33. The van der Waals surface area contributed by atoms with Crippen LogP contribution in [0.1, 0.15) is 27.8 Å². The number of hydrogen-bond donors (Lipinski definition) is 0. The van der Waals surface area contributed by atoms with Crippen LogP contribution in [0.4, 0.5) is 0 Å². The van der Waals surface area contributed by atoms with Gasteiger partial charge in [0.05, 0.1) is 18.0 Å². The predicted octanol–water partition coefficient (Wildman–Crippen LogP) is 7.32. The lowest BCUT2D eigenvalue weighted by molar-refractivity contribution is 1.07. The number of nitrogens with zero attached hydrogens (tertiary/aromatic N) is 2. The Morgan fingerprint density at radius 3 is 2.15 bits per heavy atom. The summed E-state index contributed by atoms with van der Waals surface area (Å²) in [7, 11) is 0. The quantitative estimate of drug-likeness (QED) is 0.299. The molecule has 0 radical (unpaired) electrons. The van der Waals surface area contributed by atoms with E-state index in [4.69, 9.17) is 4.99 Å². The fourth-order valence-electron chi connectivity index (χ4n) is 4.42.